The van der Waals surface area contributed by atoms with E-state index in [-0.39, 0.29) is 11.6 Å². The number of aromatic amines is 1. The van der Waals surface area contributed by atoms with Gasteiger partial charge in [-0.1, -0.05) is 12.1 Å². The number of fused-ring (bicyclic) bond motifs is 2. The van der Waals surface area contributed by atoms with Gasteiger partial charge >= 0.3 is 0 Å². The second-order valence-electron chi connectivity index (χ2n) is 8.90. The summed E-state index contributed by atoms with van der Waals surface area (Å²) in [6, 6.07) is 14.2. The molecule has 0 radical (unpaired) electrons. The molecule has 0 amide bonds. The van der Waals surface area contributed by atoms with Crippen molar-refractivity contribution in [3.63, 3.8) is 0 Å². The van der Waals surface area contributed by atoms with Crippen LogP contribution in [0.15, 0.2) is 47.4 Å². The number of hydrogen-bond donors (Lipinski definition) is 2. The van der Waals surface area contributed by atoms with Crippen molar-refractivity contribution in [3.05, 3.63) is 52.9 Å². The fourth-order valence-corrected chi connectivity index (χ4v) is 4.80. The number of H-pyrrole nitrogens is 1. The molecule has 0 bridgehead atoms. The highest BCUT2D eigenvalue weighted by Gasteiger charge is 2.34. The number of para-hydroxylation sites is 1. The molecular formula is C25H25N7O2. The van der Waals surface area contributed by atoms with Gasteiger partial charge in [0.25, 0.3) is 5.56 Å². The summed E-state index contributed by atoms with van der Waals surface area (Å²) in [6.45, 7) is 2.99. The van der Waals surface area contributed by atoms with Crippen LogP contribution in [0.3, 0.4) is 0 Å². The Hall–Kier alpha value is -3.90. The first-order valence-corrected chi connectivity index (χ1v) is 11.7. The predicted octanol–water partition coefficient (Wildman–Crippen LogP) is 3.72. The van der Waals surface area contributed by atoms with Crippen LogP contribution in [-0.4, -0.2) is 46.1 Å². The largest absolute Gasteiger partial charge is 0.378 e. The minimum atomic E-state index is -0.208. The number of morpholine rings is 1. The van der Waals surface area contributed by atoms with Gasteiger partial charge < -0.3 is 19.9 Å². The van der Waals surface area contributed by atoms with Crippen LogP contribution in [-0.2, 0) is 4.74 Å². The minimum Gasteiger partial charge on any atom is -0.378 e. The third kappa shape index (κ3) is 3.66. The summed E-state index contributed by atoms with van der Waals surface area (Å²) >= 11 is 0. The van der Waals surface area contributed by atoms with Crippen LogP contribution in [0.4, 0.5) is 17.3 Å². The van der Waals surface area contributed by atoms with Gasteiger partial charge in [-0.05, 0) is 43.0 Å². The third-order valence-corrected chi connectivity index (χ3v) is 6.70. The smallest absolute Gasteiger partial charge is 0.261 e. The lowest BCUT2D eigenvalue weighted by Gasteiger charge is -2.28. The molecule has 1 aromatic carbocycles. The van der Waals surface area contributed by atoms with Crippen molar-refractivity contribution in [2.45, 2.75) is 25.3 Å². The summed E-state index contributed by atoms with van der Waals surface area (Å²) in [4.78, 5) is 22.8. The molecule has 34 heavy (non-hydrogen) atoms. The van der Waals surface area contributed by atoms with Crippen molar-refractivity contribution >= 4 is 39.1 Å². The standard InChI is InChI=1S/C25H25N7O2/c26-10-8-19(16-4-5-16)32-20-9-11-27-25(33)22(20)24(30-32)28-18-3-1-2-17-6-7-21(29-23(17)18)31-12-14-34-15-13-31/h1-3,6-7,9,11,16,19H,4-5,8,12-15H2,(H,27,33)(H,28,30). The van der Waals surface area contributed by atoms with E-state index in [1.807, 2.05) is 35.0 Å². The van der Waals surface area contributed by atoms with Crippen molar-refractivity contribution in [1.29, 1.82) is 5.26 Å². The molecule has 1 aliphatic heterocycles. The van der Waals surface area contributed by atoms with E-state index < -0.39 is 0 Å². The molecule has 1 aliphatic carbocycles. The molecule has 4 heterocycles. The molecule has 9 nitrogen and oxygen atoms in total. The van der Waals surface area contributed by atoms with E-state index in [1.165, 1.54) is 0 Å². The summed E-state index contributed by atoms with van der Waals surface area (Å²) < 4.78 is 7.35. The van der Waals surface area contributed by atoms with E-state index in [0.717, 1.165) is 53.9 Å². The van der Waals surface area contributed by atoms with Crippen LogP contribution in [0.1, 0.15) is 25.3 Å². The molecule has 1 unspecified atom stereocenters. The summed E-state index contributed by atoms with van der Waals surface area (Å²) in [6.07, 6.45) is 4.16. The van der Waals surface area contributed by atoms with E-state index in [9.17, 15) is 10.1 Å². The Morgan fingerprint density at radius 2 is 2.06 bits per heavy atom. The number of benzene rings is 1. The second kappa shape index (κ2) is 8.47. The molecular weight excluding hydrogens is 430 g/mol. The number of nitrogens with one attached hydrogen (secondary N) is 2. The molecule has 2 aliphatic rings. The number of rotatable bonds is 6. The van der Waals surface area contributed by atoms with Crippen molar-refractivity contribution in [2.24, 2.45) is 5.92 Å². The zero-order valence-electron chi connectivity index (χ0n) is 18.7. The molecule has 2 N–H and O–H groups in total. The van der Waals surface area contributed by atoms with Gasteiger partial charge in [0.15, 0.2) is 5.82 Å². The maximum atomic E-state index is 12.8. The third-order valence-electron chi connectivity index (χ3n) is 6.70. The Bertz CT molecular complexity index is 1460. The quantitative estimate of drug-likeness (QED) is 0.456. The second-order valence-corrected chi connectivity index (χ2v) is 8.90. The average Bonchev–Trinajstić information content (AvgIpc) is 3.65. The molecule has 6 rings (SSSR count). The zero-order valence-corrected chi connectivity index (χ0v) is 18.7. The SMILES string of the molecule is N#CCC(C1CC1)n1nc(Nc2cccc3ccc(N4CCOCC4)nc23)c2c(=O)[nH]ccc21. The van der Waals surface area contributed by atoms with Crippen molar-refractivity contribution in [3.8, 4) is 6.07 Å². The number of anilines is 3. The van der Waals surface area contributed by atoms with Crippen molar-refractivity contribution in [2.75, 3.05) is 36.5 Å². The molecule has 9 heteroatoms. The van der Waals surface area contributed by atoms with Crippen LogP contribution < -0.4 is 15.8 Å². The fraction of sp³-hybridized carbons (Fsp3) is 0.360. The van der Waals surface area contributed by atoms with Crippen LogP contribution >= 0.6 is 0 Å². The van der Waals surface area contributed by atoms with E-state index in [1.54, 1.807) is 6.20 Å². The first-order valence-electron chi connectivity index (χ1n) is 11.7. The highest BCUT2D eigenvalue weighted by Crippen LogP contribution is 2.43. The summed E-state index contributed by atoms with van der Waals surface area (Å²) in [5, 5.41) is 19.1. The number of nitriles is 1. The Labute approximate surface area is 196 Å². The lowest BCUT2D eigenvalue weighted by Crippen LogP contribution is -2.36. The Balaban J connectivity index is 1.44. The van der Waals surface area contributed by atoms with E-state index in [4.69, 9.17) is 14.8 Å². The lowest BCUT2D eigenvalue weighted by molar-refractivity contribution is 0.122. The number of ether oxygens (including phenoxy) is 1. The van der Waals surface area contributed by atoms with Gasteiger partial charge in [-0.15, -0.1) is 0 Å². The van der Waals surface area contributed by atoms with E-state index in [2.05, 4.69) is 27.3 Å². The van der Waals surface area contributed by atoms with Crippen LogP contribution in [0.2, 0.25) is 0 Å². The molecule has 1 saturated heterocycles. The van der Waals surface area contributed by atoms with Crippen LogP contribution in [0.25, 0.3) is 21.8 Å². The van der Waals surface area contributed by atoms with Gasteiger partial charge in [0, 0.05) is 24.7 Å². The summed E-state index contributed by atoms with van der Waals surface area (Å²) in [5.41, 5.74) is 2.13. The molecule has 4 aromatic rings. The first-order chi connectivity index (χ1) is 16.7. The highest BCUT2D eigenvalue weighted by atomic mass is 16.5. The molecule has 3 aromatic heterocycles. The van der Waals surface area contributed by atoms with Gasteiger partial charge in [0.1, 0.15) is 11.2 Å². The summed E-state index contributed by atoms with van der Waals surface area (Å²) in [5.74, 6) is 1.80. The predicted molar refractivity (Wildman–Crippen MR) is 130 cm³/mol. The van der Waals surface area contributed by atoms with E-state index >= 15 is 0 Å². The normalized spacial score (nSPS) is 17.1. The van der Waals surface area contributed by atoms with Crippen LogP contribution in [0, 0.1) is 17.2 Å². The van der Waals surface area contributed by atoms with E-state index in [0.29, 0.717) is 36.8 Å². The monoisotopic (exact) mass is 455 g/mol. The number of pyridine rings is 2. The Morgan fingerprint density at radius 3 is 2.85 bits per heavy atom. The fourth-order valence-electron chi connectivity index (χ4n) is 4.80. The minimum absolute atomic E-state index is 0.0385. The molecule has 172 valence electrons. The van der Waals surface area contributed by atoms with Gasteiger partial charge in [-0.2, -0.15) is 10.4 Å². The van der Waals surface area contributed by atoms with Gasteiger partial charge in [-0.3, -0.25) is 9.48 Å². The maximum absolute atomic E-state index is 12.8. The highest BCUT2D eigenvalue weighted by molar-refractivity contribution is 5.97. The van der Waals surface area contributed by atoms with Crippen molar-refractivity contribution < 1.29 is 4.74 Å². The van der Waals surface area contributed by atoms with Gasteiger partial charge in [0.05, 0.1) is 48.5 Å². The van der Waals surface area contributed by atoms with Crippen LogP contribution in [0.5, 0.6) is 0 Å². The number of nitrogens with zero attached hydrogens (tertiary/aromatic N) is 5. The Kier molecular flexibility index (Phi) is 5.15. The number of aromatic nitrogens is 4. The number of hydrogen-bond acceptors (Lipinski definition) is 7. The average molecular weight is 456 g/mol. The van der Waals surface area contributed by atoms with Gasteiger partial charge in [-0.25, -0.2) is 4.98 Å². The first kappa shape index (κ1) is 20.7. The summed E-state index contributed by atoms with van der Waals surface area (Å²) in [7, 11) is 0. The molecule has 2 fully saturated rings. The zero-order chi connectivity index (χ0) is 23.1. The Morgan fingerprint density at radius 1 is 1.21 bits per heavy atom. The molecule has 1 saturated carbocycles. The molecule has 1 atom stereocenters. The van der Waals surface area contributed by atoms with Gasteiger partial charge in [0.2, 0.25) is 0 Å². The molecule has 0 spiro atoms. The topological polar surface area (TPSA) is 112 Å². The maximum Gasteiger partial charge on any atom is 0.261 e. The van der Waals surface area contributed by atoms with Crippen molar-refractivity contribution in [1.82, 2.24) is 19.7 Å². The lowest BCUT2D eigenvalue weighted by atomic mass is 10.1.